The lowest BCUT2D eigenvalue weighted by atomic mass is 9.96. The highest BCUT2D eigenvalue weighted by Gasteiger charge is 2.29. The van der Waals surface area contributed by atoms with Gasteiger partial charge in [-0.2, -0.15) is 5.10 Å². The molecular weight excluding hydrogens is 522 g/mol. The first-order chi connectivity index (χ1) is 19.0. The minimum Gasteiger partial charge on any atom is -0.366 e. The summed E-state index contributed by atoms with van der Waals surface area (Å²) < 4.78 is 29.3. The van der Waals surface area contributed by atoms with Crippen molar-refractivity contribution in [3.63, 3.8) is 0 Å². The van der Waals surface area contributed by atoms with Crippen molar-refractivity contribution in [3.05, 3.63) is 99.0 Å². The van der Waals surface area contributed by atoms with Crippen LogP contribution in [-0.4, -0.2) is 38.1 Å². The molecule has 40 heavy (non-hydrogen) atoms. The third-order valence-corrected chi connectivity index (χ3v) is 7.02. The van der Waals surface area contributed by atoms with Gasteiger partial charge in [0.2, 0.25) is 0 Å². The van der Waals surface area contributed by atoms with Crippen LogP contribution in [0.4, 0.5) is 8.78 Å². The van der Waals surface area contributed by atoms with Crippen LogP contribution in [-0.2, 0) is 13.0 Å². The number of ketones is 1. The lowest BCUT2D eigenvalue weighted by Gasteiger charge is -2.16. The fourth-order valence-electron chi connectivity index (χ4n) is 5.00. The Labute approximate surface area is 226 Å². The normalized spacial score (nSPS) is 14.2. The molecule has 4 aromatic rings. The zero-order chi connectivity index (χ0) is 28.7. The number of nitrogens with one attached hydrogen (secondary N) is 2. The molecule has 2 aromatic heterocycles. The van der Waals surface area contributed by atoms with Crippen LogP contribution in [0, 0.1) is 18.6 Å². The SMILES string of the molecule is CC(=O)c1ccc2c(c1C)CC[C@@H]2NC(=O)c1cc(C(=O)NCc2ccc(F)c(C(N)=O)c2)nc2c(F)cnn12. The highest BCUT2D eigenvalue weighted by atomic mass is 19.1. The predicted molar refractivity (Wildman–Crippen MR) is 139 cm³/mol. The number of nitrogens with two attached hydrogens (primary N) is 1. The van der Waals surface area contributed by atoms with Crippen molar-refractivity contribution >= 4 is 29.2 Å². The Balaban J connectivity index is 1.40. The molecule has 1 atom stereocenters. The smallest absolute Gasteiger partial charge is 0.270 e. The van der Waals surface area contributed by atoms with E-state index < -0.39 is 29.4 Å². The van der Waals surface area contributed by atoms with E-state index >= 15 is 0 Å². The molecule has 12 heteroatoms. The third kappa shape index (κ3) is 4.79. The van der Waals surface area contributed by atoms with Crippen LogP contribution in [0.1, 0.15) is 83.3 Å². The molecule has 0 unspecified atom stereocenters. The van der Waals surface area contributed by atoms with Crippen molar-refractivity contribution in [2.24, 2.45) is 5.73 Å². The highest BCUT2D eigenvalue weighted by Crippen LogP contribution is 2.35. The summed E-state index contributed by atoms with van der Waals surface area (Å²) in [4.78, 5) is 53.7. The predicted octanol–water partition coefficient (Wildman–Crippen LogP) is 2.96. The zero-order valence-corrected chi connectivity index (χ0v) is 21.5. The third-order valence-electron chi connectivity index (χ3n) is 7.02. The molecular formula is C28H24F2N6O4. The molecule has 0 saturated heterocycles. The Bertz CT molecular complexity index is 1730. The zero-order valence-electron chi connectivity index (χ0n) is 21.5. The van der Waals surface area contributed by atoms with Gasteiger partial charge in [-0.15, -0.1) is 0 Å². The maximum absolute atomic E-state index is 14.5. The largest absolute Gasteiger partial charge is 0.366 e. The number of halogens is 2. The monoisotopic (exact) mass is 546 g/mol. The second kappa shape index (κ2) is 10.3. The number of benzene rings is 2. The summed E-state index contributed by atoms with van der Waals surface area (Å²) in [6.07, 6.45) is 2.16. The molecule has 204 valence electrons. The number of hydrogen-bond donors (Lipinski definition) is 3. The highest BCUT2D eigenvalue weighted by molar-refractivity contribution is 5.99. The Morgan fingerprint density at radius 3 is 2.55 bits per heavy atom. The van der Waals surface area contributed by atoms with Gasteiger partial charge in [-0.05, 0) is 61.1 Å². The molecule has 0 bridgehead atoms. The standard InChI is InChI=1S/C28H24F2N6O4/c1-13-16(14(2)37)4-5-18-17(13)6-8-22(18)35-28(40)24-10-23(34-26-21(30)12-33-36(24)26)27(39)32-11-15-3-7-20(29)19(9-15)25(31)38/h3-5,7,9-10,12,22H,6,8,11H2,1-2H3,(H2,31,38)(H,32,39)(H,35,40)/t22-/m0/s1. The number of hydrogen-bond acceptors (Lipinski definition) is 6. The van der Waals surface area contributed by atoms with E-state index in [4.69, 9.17) is 5.73 Å². The molecule has 0 aliphatic heterocycles. The molecule has 10 nitrogen and oxygen atoms in total. The minimum atomic E-state index is -0.955. The average molecular weight is 547 g/mol. The van der Waals surface area contributed by atoms with E-state index in [0.717, 1.165) is 33.5 Å². The van der Waals surface area contributed by atoms with Gasteiger partial charge in [0, 0.05) is 18.2 Å². The summed E-state index contributed by atoms with van der Waals surface area (Å²) in [7, 11) is 0. The van der Waals surface area contributed by atoms with Crippen LogP contribution in [0.15, 0.2) is 42.6 Å². The maximum atomic E-state index is 14.5. The van der Waals surface area contributed by atoms with Crippen molar-refractivity contribution in [2.45, 2.75) is 39.3 Å². The van der Waals surface area contributed by atoms with Gasteiger partial charge in [-0.1, -0.05) is 18.2 Å². The molecule has 2 heterocycles. The van der Waals surface area contributed by atoms with E-state index in [0.29, 0.717) is 24.0 Å². The van der Waals surface area contributed by atoms with E-state index in [9.17, 15) is 28.0 Å². The average Bonchev–Trinajstić information content (AvgIpc) is 3.51. The number of aromatic nitrogens is 3. The Morgan fingerprint density at radius 2 is 1.82 bits per heavy atom. The minimum absolute atomic E-state index is 0.0359. The molecule has 0 radical (unpaired) electrons. The molecule has 0 fully saturated rings. The van der Waals surface area contributed by atoms with Crippen LogP contribution < -0.4 is 16.4 Å². The van der Waals surface area contributed by atoms with Gasteiger partial charge in [-0.3, -0.25) is 19.2 Å². The number of carbonyl (C=O) groups is 4. The molecule has 1 aliphatic rings. The van der Waals surface area contributed by atoms with E-state index in [1.54, 1.807) is 6.07 Å². The van der Waals surface area contributed by atoms with Crippen LogP contribution in [0.2, 0.25) is 0 Å². The van der Waals surface area contributed by atoms with Gasteiger partial charge in [0.1, 0.15) is 17.2 Å². The number of carbonyl (C=O) groups excluding carboxylic acids is 4. The Hall–Kier alpha value is -5.00. The summed E-state index contributed by atoms with van der Waals surface area (Å²) in [5, 5.41) is 9.39. The summed E-state index contributed by atoms with van der Waals surface area (Å²) in [5.41, 5.74) is 7.97. The second-order valence-electron chi connectivity index (χ2n) is 9.54. The van der Waals surface area contributed by atoms with Crippen molar-refractivity contribution < 1.29 is 28.0 Å². The number of Topliss-reactive ketones (excluding diaryl/α,β-unsaturated/α-hetero) is 1. The molecule has 3 amide bonds. The lowest BCUT2D eigenvalue weighted by Crippen LogP contribution is -2.30. The molecule has 0 spiro atoms. The Kier molecular flexibility index (Phi) is 6.84. The molecule has 5 rings (SSSR count). The Morgan fingerprint density at radius 1 is 1.05 bits per heavy atom. The summed E-state index contributed by atoms with van der Waals surface area (Å²) >= 11 is 0. The summed E-state index contributed by atoms with van der Waals surface area (Å²) in [5.74, 6) is -3.94. The van der Waals surface area contributed by atoms with Crippen LogP contribution in [0.3, 0.4) is 0 Å². The number of nitrogens with zero attached hydrogens (tertiary/aromatic N) is 3. The molecule has 1 aliphatic carbocycles. The van der Waals surface area contributed by atoms with Crippen molar-refractivity contribution in [3.8, 4) is 0 Å². The van der Waals surface area contributed by atoms with E-state index in [2.05, 4.69) is 20.7 Å². The fraction of sp³-hybridized carbons (Fsp3) is 0.214. The van der Waals surface area contributed by atoms with Gasteiger partial charge in [0.15, 0.2) is 17.2 Å². The number of fused-ring (bicyclic) bond motifs is 2. The van der Waals surface area contributed by atoms with E-state index in [-0.39, 0.29) is 41.0 Å². The topological polar surface area (TPSA) is 149 Å². The van der Waals surface area contributed by atoms with Gasteiger partial charge in [-0.25, -0.2) is 18.3 Å². The number of amides is 3. The summed E-state index contributed by atoms with van der Waals surface area (Å²) in [6, 6.07) is 8.04. The van der Waals surface area contributed by atoms with Gasteiger partial charge < -0.3 is 16.4 Å². The first-order valence-corrected chi connectivity index (χ1v) is 12.4. The summed E-state index contributed by atoms with van der Waals surface area (Å²) in [6.45, 7) is 3.27. The van der Waals surface area contributed by atoms with Gasteiger partial charge >= 0.3 is 0 Å². The molecule has 4 N–H and O–H groups in total. The fourth-order valence-corrected chi connectivity index (χ4v) is 5.00. The number of rotatable bonds is 7. The molecule has 2 aromatic carbocycles. The van der Waals surface area contributed by atoms with Crippen LogP contribution in [0.5, 0.6) is 0 Å². The maximum Gasteiger partial charge on any atom is 0.270 e. The number of primary amides is 1. The first-order valence-electron chi connectivity index (χ1n) is 12.4. The van der Waals surface area contributed by atoms with E-state index in [1.165, 1.54) is 25.1 Å². The first kappa shape index (κ1) is 26.6. The second-order valence-corrected chi connectivity index (χ2v) is 9.54. The van der Waals surface area contributed by atoms with Crippen LogP contribution >= 0.6 is 0 Å². The van der Waals surface area contributed by atoms with Crippen LogP contribution in [0.25, 0.3) is 5.65 Å². The van der Waals surface area contributed by atoms with Crippen molar-refractivity contribution in [1.29, 1.82) is 0 Å². The molecule has 0 saturated carbocycles. The van der Waals surface area contributed by atoms with Crippen molar-refractivity contribution in [2.75, 3.05) is 0 Å². The lowest BCUT2D eigenvalue weighted by molar-refractivity contribution is 0.0926. The quantitative estimate of drug-likeness (QED) is 0.304. The van der Waals surface area contributed by atoms with Crippen molar-refractivity contribution in [1.82, 2.24) is 25.2 Å². The van der Waals surface area contributed by atoms with E-state index in [1.807, 2.05) is 13.0 Å². The van der Waals surface area contributed by atoms with Gasteiger partial charge in [0.25, 0.3) is 17.7 Å². The van der Waals surface area contributed by atoms with Gasteiger partial charge in [0.05, 0.1) is 17.8 Å².